The van der Waals surface area contributed by atoms with Crippen LogP contribution in [0.25, 0.3) is 0 Å². The summed E-state index contributed by atoms with van der Waals surface area (Å²) in [7, 11) is 25.1. The minimum absolute atomic E-state index is 0. The van der Waals surface area contributed by atoms with Crippen molar-refractivity contribution in [3.8, 4) is 18.2 Å². The smallest absolute Gasteiger partial charge is 0.268 e. The molecule has 684 valence electrons. The van der Waals surface area contributed by atoms with Crippen molar-refractivity contribution in [1.82, 2.24) is 0 Å². The Morgan fingerprint density at radius 3 is 1.17 bits per heavy atom. The summed E-state index contributed by atoms with van der Waals surface area (Å²) in [5, 5.41) is 37.1. The molecule has 24 atom stereocenters. The third kappa shape index (κ3) is 56.3. The van der Waals surface area contributed by atoms with Crippen molar-refractivity contribution in [3.63, 3.8) is 0 Å². The number of aliphatic hydroxyl groups excluding tert-OH is 1. The second-order valence-electron chi connectivity index (χ2n) is 29.0. The molecule has 0 aromatic rings. The average molecular weight is 2470 g/mol. The molecule has 7 heterocycles. The normalized spacial score (nSPS) is 30.1. The molecule has 0 amide bonds. The Bertz CT molecular complexity index is 2970. The molecule has 7 rings (SSSR count). The van der Waals surface area contributed by atoms with E-state index in [1.54, 1.807) is 32.4 Å². The van der Waals surface area contributed by atoms with Gasteiger partial charge in [-0.25, -0.2) is 0 Å². The van der Waals surface area contributed by atoms with Crippen molar-refractivity contribution < 1.29 is 245 Å². The molecule has 7 fully saturated rings. The Balaban J connectivity index is -0.000000454. The molecule has 0 spiro atoms. The molecule has 16 radical (unpaired) electrons. The van der Waals surface area contributed by atoms with Gasteiger partial charge in [0, 0.05) is 115 Å². The van der Waals surface area contributed by atoms with Gasteiger partial charge in [0.1, 0.15) is 83.7 Å². The predicted octanol–water partition coefficient (Wildman–Crippen LogP) is -0.0372. The Morgan fingerprint density at radius 2 is 0.818 bits per heavy atom. The van der Waals surface area contributed by atoms with E-state index in [2.05, 4.69) is 15.1 Å². The van der Waals surface area contributed by atoms with Crippen LogP contribution in [-0.2, 0) is 205 Å². The number of aliphatic hydroxyl groups is 1. The molecule has 0 bridgehead atoms. The number of ether oxygens (including phenoxy) is 16. The first-order valence-electron chi connectivity index (χ1n) is 38.3. The van der Waals surface area contributed by atoms with Gasteiger partial charge in [0.05, 0.1) is 206 Å². The molecule has 2 N–H and O–H groups in total. The van der Waals surface area contributed by atoms with Crippen molar-refractivity contribution in [3.05, 3.63) is 12.8 Å². The summed E-state index contributed by atoms with van der Waals surface area (Å²) in [5.74, 6) is -0.180. The number of rotatable bonds is 39. The van der Waals surface area contributed by atoms with Gasteiger partial charge in [0.2, 0.25) is 0 Å². The zero-order chi connectivity index (χ0) is 88.8. The maximum atomic E-state index is 12.6. The molecule has 3 unspecified atom stereocenters. The van der Waals surface area contributed by atoms with Crippen LogP contribution >= 0.6 is 31.3 Å². The summed E-state index contributed by atoms with van der Waals surface area (Å²) >= 11 is 0. The van der Waals surface area contributed by atoms with Crippen LogP contribution in [0.3, 0.4) is 0 Å². The van der Waals surface area contributed by atoms with Crippen LogP contribution in [0, 0.1) is 58.2 Å². The van der Waals surface area contributed by atoms with Crippen LogP contribution in [0.15, 0.2) is 0 Å². The third-order valence-corrected chi connectivity index (χ3v) is 18.9. The number of phosphoric ester groups is 4. The molecular weight excluding hydrogens is 2350 g/mol. The minimum atomic E-state index is -5.01. The number of hydrogen-bond donors (Lipinski definition) is 1. The molecule has 0 aliphatic carbocycles. The Kier molecular flexibility index (Phi) is 72.3. The van der Waals surface area contributed by atoms with Gasteiger partial charge in [-0.2, -0.15) is 15.8 Å². The van der Waals surface area contributed by atoms with Crippen LogP contribution in [0.1, 0.15) is 150 Å². The maximum Gasteiger partial charge on any atom is 0.268 e. The van der Waals surface area contributed by atoms with Crippen molar-refractivity contribution >= 4 is 94.1 Å². The van der Waals surface area contributed by atoms with Crippen LogP contribution in [0.2, 0.25) is 0 Å². The molecule has 0 aromatic carbocycles. The zero-order valence-electron chi connectivity index (χ0n) is 71.7. The van der Waals surface area contributed by atoms with E-state index >= 15 is 0 Å². The second kappa shape index (κ2) is 66.8. The number of nitrogens with zero attached hydrogens (tertiary/aromatic N) is 3. The Hall–Kier alpha value is 1.46. The summed E-state index contributed by atoms with van der Waals surface area (Å²) in [5.41, 5.74) is -2.07. The fourth-order valence-electron chi connectivity index (χ4n) is 11.0. The van der Waals surface area contributed by atoms with Gasteiger partial charge in [-0.05, 0) is 149 Å². The maximum absolute atomic E-state index is 12.6. The number of nitriles is 3. The molecule has 53 heteroatoms. The number of phosphoric acid groups is 4. The Morgan fingerprint density at radius 1 is 0.446 bits per heavy atom. The topological polar surface area (TPSA) is 531 Å². The van der Waals surface area contributed by atoms with E-state index in [-0.39, 0.29) is 215 Å². The molecule has 0 aromatic heterocycles. The standard InChI is InChI=1S/C18H27B2N2O8P.C15H28B2O8P.C9H14BNO2.2C8H16BO6P.C8H14BO3.C2H6.H2O.4W/c1-10(2)25-6-14-16(18(8-21,9-22)17(20)29-14)30-31(23,24)26-7-13-12(27-11(3)4)5-15(19)28-13;1-10(2)20-6-12(22-9-16)7-23-26(18,19)25-13-5-15(17)24-14(13)8-21-11(3)4;1-6(2)12-5-8-3-7(4-11)9(10)13-8;2*1-5(2)14-6-3-8(9)15-7(6)4-13-16(10,11)12;1-5(2)11-4-7-6(10)3-8(9)12-7;1-2;;;;;/h10-17H,5-7H2,1-4H3,(H,23,24);5,10-15H,6-9H2,1-4H3,(H,18,19);6-9H,3,5H2,1-2H3;2*5-8H,3-4H2,1-2H3,(H2,10,11,12);3,5-8,10H,4H2,1-2H3;1-2H3;1H2;;;;/q;-1;;;;-1;;;;;;/p-7/t12-,13-,14-,15-,16+,17-;12-,13+,14+,15+;7?,8-,9+;3*6-,7-,8-;;;;;;/m100111....../s1. The average Bonchev–Trinajstić information content (AvgIpc) is 1.61. The summed E-state index contributed by atoms with van der Waals surface area (Å²) in [4.78, 5) is 66.0. The van der Waals surface area contributed by atoms with E-state index in [0.717, 1.165) is 0 Å². The second-order valence-corrected chi connectivity index (χ2v) is 34.0. The fourth-order valence-corrected chi connectivity index (χ4v) is 13.5. The molecule has 7 aliphatic heterocycles. The SMILES string of the molecule is CC.[B]CO[C@@H](COC(C)C)COP(=O)([O-])O[C@@H]1[CH-][C@H]([B])O[C@@H]1COC(C)C.[B][C@@H]1O[C@H](COC(C)C)CC1C#N.[B][C@@H]1O[C@H](COC(C)C)[C@H](OP(=O)([O-])OC[C@H]2O[C@@H]([B])C[C@H]2OC(C)C)C1(C#N)C#N.[B][C@H]1C[C@@H](OC(C)C)[C@@H](COP(=O)([O-])[O-])O1.[B][C@H]1C[C@@H](OC(C)C)[C@@H](COP(=O)([O-])[O-])O1.[B][C@H]1[CH-][C@@H](O)[C@@H](COC(C)C)O1.[OH-].[W].[W].[W].[W]. The Labute approximate surface area is 784 Å². The van der Waals surface area contributed by atoms with Gasteiger partial charge < -0.3 is 152 Å². The minimum Gasteiger partial charge on any atom is -0.870 e. The molecule has 0 saturated carbocycles. The van der Waals surface area contributed by atoms with Crippen LogP contribution < -0.4 is 29.4 Å². The summed E-state index contributed by atoms with van der Waals surface area (Å²) in [6.45, 7) is 33.3. The van der Waals surface area contributed by atoms with Gasteiger partial charge in [-0.15, -0.1) is 0 Å². The first-order valence-corrected chi connectivity index (χ1v) is 44.1. The largest absolute Gasteiger partial charge is 0.870 e. The predicted molar refractivity (Wildman–Crippen MR) is 415 cm³/mol. The summed E-state index contributed by atoms with van der Waals surface area (Å²) in [6, 6.07) is 0.898. The first kappa shape index (κ1) is 131. The van der Waals surface area contributed by atoms with Gasteiger partial charge in [-0.1, -0.05) is 25.9 Å². The van der Waals surface area contributed by atoms with E-state index in [9.17, 15) is 63.3 Å². The van der Waals surface area contributed by atoms with Crippen molar-refractivity contribution in [2.45, 2.75) is 327 Å². The van der Waals surface area contributed by atoms with Crippen LogP contribution in [-0.4, -0.2) is 316 Å². The first-order chi connectivity index (χ1) is 53.8. The molecule has 37 nitrogen and oxygen atoms in total. The van der Waals surface area contributed by atoms with E-state index in [1.165, 1.54) is 6.42 Å². The quantitative estimate of drug-likeness (QED) is 0.0479. The molecule has 7 aliphatic rings. The van der Waals surface area contributed by atoms with Gasteiger partial charge in [0.15, 0.2) is 5.41 Å². The van der Waals surface area contributed by atoms with Gasteiger partial charge in [-0.3, -0.25) is 22.0 Å². The van der Waals surface area contributed by atoms with Crippen LogP contribution in [0.4, 0.5) is 0 Å². The fraction of sp³-hybridized carbons (Fsp3) is 0.926. The van der Waals surface area contributed by atoms with Gasteiger partial charge >= 0.3 is 0 Å². The van der Waals surface area contributed by atoms with Crippen molar-refractivity contribution in [2.75, 3.05) is 66.0 Å². The van der Waals surface area contributed by atoms with Crippen LogP contribution in [0.5, 0.6) is 0 Å². The molecule has 7 saturated heterocycles. The monoisotopic (exact) mass is 2470 g/mol. The summed E-state index contributed by atoms with van der Waals surface area (Å²) in [6.07, 6.45) is -3.99. The van der Waals surface area contributed by atoms with E-state index in [0.29, 0.717) is 38.9 Å². The molecule has 121 heavy (non-hydrogen) atoms. The zero-order valence-corrected chi connectivity index (χ0v) is 87.0. The van der Waals surface area contributed by atoms with E-state index in [4.69, 9.17) is 162 Å². The summed E-state index contributed by atoms with van der Waals surface area (Å²) < 4.78 is 160. The van der Waals surface area contributed by atoms with E-state index < -0.39 is 146 Å². The van der Waals surface area contributed by atoms with Crippen molar-refractivity contribution in [2.24, 2.45) is 11.3 Å². The van der Waals surface area contributed by atoms with Crippen molar-refractivity contribution in [1.29, 1.82) is 15.8 Å². The van der Waals surface area contributed by atoms with Gasteiger partial charge in [0.25, 0.3) is 15.6 Å². The third-order valence-electron chi connectivity index (χ3n) is 16.0. The van der Waals surface area contributed by atoms with E-state index in [1.807, 2.05) is 111 Å². The number of hydrogen-bond acceptors (Lipinski definition) is 37. The molecular formula is C68H116B8N3O34P4W4-9.